The Kier molecular flexibility index (Phi) is 3.75. The maximum absolute atomic E-state index is 11.7. The number of amidine groups is 1. The number of hydrogen-bond donors (Lipinski definition) is 2. The predicted octanol–water partition coefficient (Wildman–Crippen LogP) is -0.542. The van der Waals surface area contributed by atoms with E-state index in [1.165, 1.54) is 0 Å². The zero-order valence-corrected chi connectivity index (χ0v) is 9.43. The van der Waals surface area contributed by atoms with E-state index in [1.54, 1.807) is 0 Å². The summed E-state index contributed by atoms with van der Waals surface area (Å²) in [5, 5.41) is 12.8. The first-order valence-electron chi connectivity index (χ1n) is 5.74. The third-order valence-electron chi connectivity index (χ3n) is 2.91. The average Bonchev–Trinajstić information content (AvgIpc) is 2.67. The Morgan fingerprint density at radius 1 is 1.59 bits per heavy atom. The van der Waals surface area contributed by atoms with E-state index in [4.69, 9.17) is 0 Å². The molecule has 0 aromatic heterocycles. The van der Waals surface area contributed by atoms with Gasteiger partial charge in [0.15, 0.2) is 0 Å². The van der Waals surface area contributed by atoms with E-state index >= 15 is 0 Å². The highest BCUT2D eigenvalue weighted by Crippen LogP contribution is 2.13. The third-order valence-corrected chi connectivity index (χ3v) is 2.91. The average molecular weight is 237 g/mol. The van der Waals surface area contributed by atoms with Crippen LogP contribution in [0, 0.1) is 0 Å². The minimum atomic E-state index is -0.469. The van der Waals surface area contributed by atoms with Crippen molar-refractivity contribution in [3.63, 3.8) is 0 Å². The summed E-state index contributed by atoms with van der Waals surface area (Å²) in [5.41, 5.74) is 0. The van der Waals surface area contributed by atoms with Crippen molar-refractivity contribution in [3.8, 4) is 0 Å². The molecule has 2 heterocycles. The van der Waals surface area contributed by atoms with Crippen LogP contribution < -0.4 is 5.32 Å². The van der Waals surface area contributed by atoms with Crippen LogP contribution in [0.15, 0.2) is 9.98 Å². The second kappa shape index (κ2) is 5.29. The Morgan fingerprint density at radius 2 is 2.41 bits per heavy atom. The van der Waals surface area contributed by atoms with Crippen molar-refractivity contribution in [1.82, 2.24) is 5.32 Å². The molecule has 6 nitrogen and oxygen atoms in total. The molecule has 1 saturated heterocycles. The topological polar surface area (TPSA) is 91.1 Å². The van der Waals surface area contributed by atoms with Crippen LogP contribution in [0.4, 0.5) is 0 Å². The van der Waals surface area contributed by atoms with Crippen molar-refractivity contribution in [2.75, 3.05) is 6.54 Å². The Bertz CT molecular complexity index is 389. The number of nitrogens with zero attached hydrogens (tertiary/aromatic N) is 2. The van der Waals surface area contributed by atoms with E-state index < -0.39 is 12.0 Å². The van der Waals surface area contributed by atoms with Crippen LogP contribution >= 0.6 is 0 Å². The first-order chi connectivity index (χ1) is 8.15. The van der Waals surface area contributed by atoms with Gasteiger partial charge in [-0.3, -0.25) is 9.59 Å². The summed E-state index contributed by atoms with van der Waals surface area (Å²) < 4.78 is 0. The SMILES string of the molecule is O=C(CC1=NC(=O)C=N1)CC1NCCCC1O. The number of carbonyl (C=O) groups excluding carboxylic acids is 2. The molecule has 0 radical (unpaired) electrons. The second-order valence-corrected chi connectivity index (χ2v) is 4.31. The maximum atomic E-state index is 11.7. The number of aliphatic hydroxyl groups excluding tert-OH is 1. The molecule has 2 unspecified atom stereocenters. The molecule has 2 N–H and O–H groups in total. The van der Waals surface area contributed by atoms with E-state index in [2.05, 4.69) is 15.3 Å². The molecule has 0 aromatic carbocycles. The van der Waals surface area contributed by atoms with Crippen molar-refractivity contribution < 1.29 is 14.7 Å². The normalized spacial score (nSPS) is 28.3. The van der Waals surface area contributed by atoms with Crippen molar-refractivity contribution in [1.29, 1.82) is 0 Å². The lowest BCUT2D eigenvalue weighted by Crippen LogP contribution is -2.46. The summed E-state index contributed by atoms with van der Waals surface area (Å²) in [4.78, 5) is 29.8. The van der Waals surface area contributed by atoms with Crippen molar-refractivity contribution in [2.45, 2.75) is 37.8 Å². The van der Waals surface area contributed by atoms with Crippen molar-refractivity contribution in [2.24, 2.45) is 9.98 Å². The summed E-state index contributed by atoms with van der Waals surface area (Å²) in [6, 6.07) is -0.182. The smallest absolute Gasteiger partial charge is 0.289 e. The van der Waals surface area contributed by atoms with Gasteiger partial charge in [-0.1, -0.05) is 0 Å². The van der Waals surface area contributed by atoms with Crippen molar-refractivity contribution >= 4 is 23.7 Å². The second-order valence-electron chi connectivity index (χ2n) is 4.31. The van der Waals surface area contributed by atoms with Crippen molar-refractivity contribution in [3.05, 3.63) is 0 Å². The Morgan fingerprint density at radius 3 is 3.06 bits per heavy atom. The van der Waals surface area contributed by atoms with Gasteiger partial charge in [-0.05, 0) is 19.4 Å². The van der Waals surface area contributed by atoms with E-state index in [0.717, 1.165) is 25.6 Å². The molecular weight excluding hydrogens is 222 g/mol. The van der Waals surface area contributed by atoms with Gasteiger partial charge in [0.25, 0.3) is 5.91 Å². The van der Waals surface area contributed by atoms with Crippen LogP contribution in [-0.4, -0.2) is 47.5 Å². The molecule has 2 aliphatic heterocycles. The number of aliphatic imine (C=N–C) groups is 2. The number of piperidine rings is 1. The standard InChI is InChI=1S/C11H15N3O3/c15-7(5-10-13-6-11(17)14-10)4-8-9(16)2-1-3-12-8/h6,8-9,12,16H,1-5H2. The number of amides is 1. The Labute approximate surface area is 98.8 Å². The number of nitrogens with one attached hydrogen (secondary N) is 1. The Balaban J connectivity index is 1.83. The summed E-state index contributed by atoms with van der Waals surface area (Å²) in [5.74, 6) is -0.206. The molecule has 2 aliphatic rings. The van der Waals surface area contributed by atoms with Crippen LogP contribution in [-0.2, 0) is 9.59 Å². The van der Waals surface area contributed by atoms with E-state index in [9.17, 15) is 14.7 Å². The largest absolute Gasteiger partial charge is 0.391 e. The highest BCUT2D eigenvalue weighted by Gasteiger charge is 2.25. The molecule has 17 heavy (non-hydrogen) atoms. The number of hydrogen-bond acceptors (Lipinski definition) is 5. The highest BCUT2D eigenvalue weighted by molar-refractivity contribution is 6.35. The number of carbonyl (C=O) groups is 2. The fourth-order valence-corrected chi connectivity index (χ4v) is 2.04. The maximum Gasteiger partial charge on any atom is 0.289 e. The van der Waals surface area contributed by atoms with Gasteiger partial charge in [0.2, 0.25) is 0 Å². The number of rotatable bonds is 4. The molecule has 92 valence electrons. The molecule has 0 bridgehead atoms. The van der Waals surface area contributed by atoms with Crippen LogP contribution in [0.3, 0.4) is 0 Å². The molecule has 0 spiro atoms. The summed E-state index contributed by atoms with van der Waals surface area (Å²) in [6.45, 7) is 0.826. The fourth-order valence-electron chi connectivity index (χ4n) is 2.04. The van der Waals surface area contributed by atoms with Gasteiger partial charge in [0.05, 0.1) is 18.7 Å². The summed E-state index contributed by atoms with van der Waals surface area (Å²) in [6.07, 6.45) is 2.61. The lowest BCUT2D eigenvalue weighted by molar-refractivity contribution is -0.119. The number of ketones is 1. The van der Waals surface area contributed by atoms with Gasteiger partial charge in [0.1, 0.15) is 11.6 Å². The zero-order chi connectivity index (χ0) is 12.3. The molecule has 0 aromatic rings. The molecule has 2 rings (SSSR count). The van der Waals surface area contributed by atoms with Gasteiger partial charge < -0.3 is 10.4 Å². The molecule has 0 aliphatic carbocycles. The first kappa shape index (κ1) is 12.1. The number of Topliss-reactive ketones (excluding diaryl/α,β-unsaturated/α-hetero) is 1. The van der Waals surface area contributed by atoms with Gasteiger partial charge in [-0.25, -0.2) is 4.99 Å². The quantitative estimate of drug-likeness (QED) is 0.687. The van der Waals surface area contributed by atoms with Gasteiger partial charge >= 0.3 is 0 Å². The van der Waals surface area contributed by atoms with Gasteiger partial charge in [-0.2, -0.15) is 4.99 Å². The third kappa shape index (κ3) is 3.28. The lowest BCUT2D eigenvalue weighted by atomic mass is 9.96. The molecule has 1 fully saturated rings. The molecular formula is C11H15N3O3. The molecule has 2 atom stereocenters. The predicted molar refractivity (Wildman–Crippen MR) is 62.2 cm³/mol. The van der Waals surface area contributed by atoms with E-state index in [-0.39, 0.29) is 30.5 Å². The van der Waals surface area contributed by atoms with E-state index in [1.807, 2.05) is 0 Å². The lowest BCUT2D eigenvalue weighted by Gasteiger charge is -2.28. The number of aliphatic hydroxyl groups is 1. The van der Waals surface area contributed by atoms with Crippen LogP contribution in [0.5, 0.6) is 0 Å². The van der Waals surface area contributed by atoms with Crippen LogP contribution in [0.1, 0.15) is 25.7 Å². The summed E-state index contributed by atoms with van der Waals surface area (Å²) >= 11 is 0. The van der Waals surface area contributed by atoms with Gasteiger partial charge in [0, 0.05) is 12.5 Å². The monoisotopic (exact) mass is 237 g/mol. The van der Waals surface area contributed by atoms with Crippen LogP contribution in [0.2, 0.25) is 0 Å². The molecule has 6 heteroatoms. The zero-order valence-electron chi connectivity index (χ0n) is 9.43. The van der Waals surface area contributed by atoms with Crippen LogP contribution in [0.25, 0.3) is 0 Å². The highest BCUT2D eigenvalue weighted by atomic mass is 16.3. The fraction of sp³-hybridized carbons (Fsp3) is 0.636. The minimum Gasteiger partial charge on any atom is -0.391 e. The van der Waals surface area contributed by atoms with E-state index in [0.29, 0.717) is 0 Å². The summed E-state index contributed by atoms with van der Waals surface area (Å²) in [7, 11) is 0. The molecule has 0 saturated carbocycles. The minimum absolute atomic E-state index is 0.0611. The molecule has 1 amide bonds. The van der Waals surface area contributed by atoms with Gasteiger partial charge in [-0.15, -0.1) is 0 Å². The Hall–Kier alpha value is -1.40. The first-order valence-corrected chi connectivity index (χ1v) is 5.74.